The van der Waals surface area contributed by atoms with Gasteiger partial charge in [0, 0.05) is 16.1 Å². The minimum Gasteiger partial charge on any atom is -0.415 e. The first kappa shape index (κ1) is 14.8. The van der Waals surface area contributed by atoms with E-state index >= 15 is 0 Å². The second-order valence-electron chi connectivity index (χ2n) is 5.15. The van der Waals surface area contributed by atoms with Crippen molar-refractivity contribution >= 4 is 11.6 Å². The molecule has 0 saturated carbocycles. The largest absolute Gasteiger partial charge is 0.415 e. The van der Waals surface area contributed by atoms with Crippen LogP contribution in [0.25, 0.3) is 11.5 Å². The van der Waals surface area contributed by atoms with E-state index in [1.54, 1.807) is 0 Å². The number of rotatable bonds is 5. The molecule has 5 heteroatoms. The van der Waals surface area contributed by atoms with Gasteiger partial charge in [0.25, 0.3) is 5.89 Å². The average Bonchev–Trinajstić information content (AvgIpc) is 3.03. The van der Waals surface area contributed by atoms with Crippen LogP contribution in [0.3, 0.4) is 0 Å². The predicted octanol–water partition coefficient (Wildman–Crippen LogP) is 3.21. The number of nitrogens with zero attached hydrogens (tertiary/aromatic N) is 2. The third-order valence-electron chi connectivity index (χ3n) is 3.53. The summed E-state index contributed by atoms with van der Waals surface area (Å²) >= 11 is 5.91. The topological polar surface area (TPSA) is 55.5 Å². The third-order valence-corrected chi connectivity index (χ3v) is 3.78. The Labute approximate surface area is 134 Å². The van der Waals surface area contributed by atoms with Gasteiger partial charge < -0.3 is 9.73 Å². The zero-order chi connectivity index (χ0) is 15.4. The second-order valence-corrected chi connectivity index (χ2v) is 5.58. The van der Waals surface area contributed by atoms with Gasteiger partial charge in [0.2, 0.25) is 5.89 Å². The highest BCUT2D eigenvalue weighted by atomic mass is 35.5. The predicted molar refractivity (Wildman–Crippen MR) is 85.2 cm³/mol. The lowest BCUT2D eigenvalue weighted by atomic mass is 10.1. The number of aromatic nitrogens is 2. The molecule has 1 heterocycles. The van der Waals surface area contributed by atoms with Crippen molar-refractivity contribution in [1.29, 1.82) is 0 Å². The highest BCUT2D eigenvalue weighted by Crippen LogP contribution is 2.17. The van der Waals surface area contributed by atoms with E-state index < -0.39 is 0 Å². The Hall–Kier alpha value is -2.17. The van der Waals surface area contributed by atoms with E-state index in [0.29, 0.717) is 24.4 Å². The molecular weight excluding hydrogens is 298 g/mol. The van der Waals surface area contributed by atoms with Gasteiger partial charge in [0.05, 0.1) is 0 Å². The number of nitrogens with two attached hydrogens (primary N) is 1. The summed E-state index contributed by atoms with van der Waals surface area (Å²) in [6.45, 7) is 2.78. The summed E-state index contributed by atoms with van der Waals surface area (Å²) in [5, 5.41) is 11.1. The van der Waals surface area contributed by atoms with Crippen LogP contribution in [0.4, 0.5) is 0 Å². The Balaban J connectivity index is 1.62. The zero-order valence-electron chi connectivity index (χ0n) is 12.2. The van der Waals surface area contributed by atoms with Crippen molar-refractivity contribution in [2.75, 3.05) is 0 Å². The maximum absolute atomic E-state index is 5.91. The Morgan fingerprint density at radius 3 is 2.50 bits per heavy atom. The Morgan fingerprint density at radius 2 is 1.77 bits per heavy atom. The number of quaternary nitrogens is 1. The van der Waals surface area contributed by atoms with Crippen molar-refractivity contribution in [3.63, 3.8) is 0 Å². The molecular formula is C17H17ClN3O+. The highest BCUT2D eigenvalue weighted by molar-refractivity contribution is 6.30. The van der Waals surface area contributed by atoms with Crippen molar-refractivity contribution in [2.24, 2.45) is 0 Å². The Bertz CT molecular complexity index is 725. The number of halogens is 1. The van der Waals surface area contributed by atoms with Crippen LogP contribution < -0.4 is 5.32 Å². The lowest BCUT2D eigenvalue weighted by Gasteiger charge is -2.09. The van der Waals surface area contributed by atoms with Crippen LogP contribution in [-0.2, 0) is 6.54 Å². The fourth-order valence-corrected chi connectivity index (χ4v) is 2.34. The molecule has 0 bridgehead atoms. The molecule has 0 aliphatic carbocycles. The summed E-state index contributed by atoms with van der Waals surface area (Å²) < 4.78 is 5.70. The molecule has 1 aromatic heterocycles. The maximum atomic E-state index is 5.91. The maximum Gasteiger partial charge on any atom is 0.271 e. The molecule has 1 atom stereocenters. The summed E-state index contributed by atoms with van der Waals surface area (Å²) in [6.07, 6.45) is 0. The summed E-state index contributed by atoms with van der Waals surface area (Å²) in [7, 11) is 0. The zero-order valence-corrected chi connectivity index (χ0v) is 13.0. The van der Waals surface area contributed by atoms with Crippen LogP contribution in [0.1, 0.15) is 24.4 Å². The van der Waals surface area contributed by atoms with Crippen LogP contribution in [-0.4, -0.2) is 10.2 Å². The molecule has 0 saturated heterocycles. The van der Waals surface area contributed by atoms with E-state index in [9.17, 15) is 0 Å². The Morgan fingerprint density at radius 1 is 1.05 bits per heavy atom. The standard InChI is InChI=1S/C17H16ClN3O/c1-12(13-7-9-15(18)10-8-13)19-11-16-20-21-17(22-16)14-5-3-2-4-6-14/h2-10,12,19H,11H2,1H3/p+1/t12-/m0/s1. The van der Waals surface area contributed by atoms with E-state index in [0.717, 1.165) is 10.6 Å². The normalized spacial score (nSPS) is 12.3. The molecule has 0 radical (unpaired) electrons. The molecule has 0 aliphatic rings. The highest BCUT2D eigenvalue weighted by Gasteiger charge is 2.13. The van der Waals surface area contributed by atoms with E-state index in [2.05, 4.69) is 22.4 Å². The van der Waals surface area contributed by atoms with E-state index in [-0.39, 0.29) is 0 Å². The van der Waals surface area contributed by atoms with Gasteiger partial charge in [0.1, 0.15) is 6.04 Å². The summed E-state index contributed by atoms with van der Waals surface area (Å²) in [4.78, 5) is 0. The van der Waals surface area contributed by atoms with Gasteiger partial charge in [-0.3, -0.25) is 0 Å². The molecule has 0 spiro atoms. The third kappa shape index (κ3) is 3.53. The number of benzene rings is 2. The molecule has 0 aliphatic heterocycles. The summed E-state index contributed by atoms with van der Waals surface area (Å²) in [6, 6.07) is 17.9. The molecule has 3 aromatic rings. The van der Waals surface area contributed by atoms with Crippen LogP contribution in [0.15, 0.2) is 59.0 Å². The molecule has 22 heavy (non-hydrogen) atoms. The Kier molecular flexibility index (Phi) is 4.51. The quantitative estimate of drug-likeness (QED) is 0.786. The lowest BCUT2D eigenvalue weighted by Crippen LogP contribution is -2.83. The van der Waals surface area contributed by atoms with Gasteiger partial charge in [-0.15, -0.1) is 10.2 Å². The minimum atomic E-state index is 0.296. The SMILES string of the molecule is C[C@H]([NH2+]Cc1nnc(-c2ccccc2)o1)c1ccc(Cl)cc1. The van der Waals surface area contributed by atoms with Crippen molar-refractivity contribution in [1.82, 2.24) is 10.2 Å². The smallest absolute Gasteiger partial charge is 0.271 e. The molecule has 2 N–H and O–H groups in total. The number of hydrogen-bond donors (Lipinski definition) is 1. The van der Waals surface area contributed by atoms with Gasteiger partial charge in [-0.2, -0.15) is 0 Å². The van der Waals surface area contributed by atoms with Crippen LogP contribution in [0.5, 0.6) is 0 Å². The number of hydrogen-bond acceptors (Lipinski definition) is 3. The van der Waals surface area contributed by atoms with Gasteiger partial charge in [-0.25, -0.2) is 0 Å². The van der Waals surface area contributed by atoms with E-state index in [1.165, 1.54) is 5.56 Å². The average molecular weight is 315 g/mol. The molecule has 0 fully saturated rings. The van der Waals surface area contributed by atoms with Gasteiger partial charge in [0.15, 0.2) is 6.54 Å². The summed E-state index contributed by atoms with van der Waals surface area (Å²) in [5.74, 6) is 1.18. The van der Waals surface area contributed by atoms with E-state index in [1.807, 2.05) is 54.6 Å². The first-order chi connectivity index (χ1) is 10.7. The molecule has 4 nitrogen and oxygen atoms in total. The molecule has 112 valence electrons. The van der Waals surface area contributed by atoms with Gasteiger partial charge >= 0.3 is 0 Å². The van der Waals surface area contributed by atoms with Gasteiger partial charge in [-0.1, -0.05) is 41.9 Å². The minimum absolute atomic E-state index is 0.296. The molecule has 0 amide bonds. The second kappa shape index (κ2) is 6.73. The molecule has 0 unspecified atom stereocenters. The van der Waals surface area contributed by atoms with Crippen molar-refractivity contribution in [2.45, 2.75) is 19.5 Å². The van der Waals surface area contributed by atoms with Crippen molar-refractivity contribution in [3.05, 3.63) is 71.1 Å². The monoisotopic (exact) mass is 314 g/mol. The van der Waals surface area contributed by atoms with E-state index in [4.69, 9.17) is 16.0 Å². The van der Waals surface area contributed by atoms with Crippen molar-refractivity contribution in [3.8, 4) is 11.5 Å². The van der Waals surface area contributed by atoms with Crippen LogP contribution in [0.2, 0.25) is 5.02 Å². The van der Waals surface area contributed by atoms with Gasteiger partial charge in [-0.05, 0) is 31.2 Å². The first-order valence-corrected chi connectivity index (χ1v) is 7.57. The van der Waals surface area contributed by atoms with Crippen LogP contribution in [0, 0.1) is 0 Å². The fourth-order valence-electron chi connectivity index (χ4n) is 2.21. The van der Waals surface area contributed by atoms with Crippen LogP contribution >= 0.6 is 11.6 Å². The lowest BCUT2D eigenvalue weighted by molar-refractivity contribution is -0.709. The molecule has 2 aromatic carbocycles. The molecule has 3 rings (SSSR count). The summed E-state index contributed by atoms with van der Waals surface area (Å²) in [5.41, 5.74) is 2.15. The van der Waals surface area contributed by atoms with Crippen molar-refractivity contribution < 1.29 is 9.73 Å². The fraction of sp³-hybridized carbons (Fsp3) is 0.176. The first-order valence-electron chi connectivity index (χ1n) is 7.19.